The number of carbonyl (C=O) groups is 1. The molecule has 160 valence electrons. The number of carbonyl (C=O) groups excluding carboxylic acids is 1. The average Bonchev–Trinajstić information content (AvgIpc) is 3.55. The highest BCUT2D eigenvalue weighted by atomic mass is 16.6. The molecule has 1 aromatic carbocycles. The Labute approximate surface area is 174 Å². The summed E-state index contributed by atoms with van der Waals surface area (Å²) < 4.78 is 14.5. The molecule has 1 N–H and O–H groups in total. The molecule has 1 fully saturated rings. The molecule has 1 atom stereocenters. The summed E-state index contributed by atoms with van der Waals surface area (Å²) in [6, 6.07) is 5.26. The van der Waals surface area contributed by atoms with Gasteiger partial charge in [-0.05, 0) is 43.7 Å². The molecule has 3 aliphatic rings. The normalized spacial score (nSPS) is 20.2. The first-order chi connectivity index (χ1) is 14.6. The summed E-state index contributed by atoms with van der Waals surface area (Å²) >= 11 is 0. The third-order valence-electron chi connectivity index (χ3n) is 6.18. The van der Waals surface area contributed by atoms with Gasteiger partial charge < -0.3 is 19.7 Å². The lowest BCUT2D eigenvalue weighted by Crippen LogP contribution is -2.40. The highest BCUT2D eigenvalue weighted by Crippen LogP contribution is 2.33. The minimum atomic E-state index is -0.178. The minimum Gasteiger partial charge on any atom is -0.486 e. The van der Waals surface area contributed by atoms with Gasteiger partial charge in [0.15, 0.2) is 11.5 Å². The van der Waals surface area contributed by atoms with Gasteiger partial charge in [0.05, 0.1) is 0 Å². The number of anilines is 1. The van der Waals surface area contributed by atoms with Crippen LogP contribution in [0.4, 0.5) is 10.5 Å². The molecule has 1 aliphatic carbocycles. The van der Waals surface area contributed by atoms with E-state index in [9.17, 15) is 9.59 Å². The van der Waals surface area contributed by atoms with Crippen LogP contribution in [0.15, 0.2) is 23.0 Å². The number of fused-ring (bicyclic) bond motifs is 2. The van der Waals surface area contributed by atoms with E-state index in [0.717, 1.165) is 25.2 Å². The van der Waals surface area contributed by atoms with Crippen LogP contribution < -0.4 is 20.5 Å². The number of aromatic nitrogens is 3. The zero-order valence-corrected chi connectivity index (χ0v) is 17.2. The van der Waals surface area contributed by atoms with E-state index in [2.05, 4.69) is 10.4 Å². The number of amides is 2. The molecule has 2 aromatic rings. The van der Waals surface area contributed by atoms with Crippen LogP contribution in [-0.4, -0.2) is 51.6 Å². The molecule has 0 spiro atoms. The van der Waals surface area contributed by atoms with Gasteiger partial charge in [0.2, 0.25) is 0 Å². The zero-order chi connectivity index (χ0) is 20.7. The van der Waals surface area contributed by atoms with Gasteiger partial charge in [-0.15, -0.1) is 0 Å². The number of rotatable bonds is 4. The van der Waals surface area contributed by atoms with E-state index in [1.165, 1.54) is 12.8 Å². The van der Waals surface area contributed by atoms with Crippen molar-refractivity contribution in [1.29, 1.82) is 0 Å². The van der Waals surface area contributed by atoms with Crippen molar-refractivity contribution < 1.29 is 14.3 Å². The summed E-state index contributed by atoms with van der Waals surface area (Å²) in [5.74, 6) is 2.79. The van der Waals surface area contributed by atoms with E-state index in [1.54, 1.807) is 33.3 Å². The molecule has 0 bridgehead atoms. The number of hydrogen-bond acceptors (Lipinski definition) is 5. The maximum absolute atomic E-state index is 12.8. The SMILES string of the molecule is CN(C(=O)Nc1ccc2c(c1)OCCO2)C1CCc2nn(CC3CC3)c(=O)n2CC1. The standard InChI is InChI=1S/C21H27N5O4/c1-24(20(27)22-15-4-6-17-18(12-15)30-11-10-29-17)16-5-7-19-23-26(13-14-2-3-14)21(28)25(19)9-8-16/h4,6,12,14,16H,2-3,5,7-11,13H2,1H3,(H,22,27). The number of hydrogen-bond donors (Lipinski definition) is 1. The van der Waals surface area contributed by atoms with E-state index >= 15 is 0 Å². The Morgan fingerprint density at radius 2 is 2.00 bits per heavy atom. The van der Waals surface area contributed by atoms with Crippen molar-refractivity contribution in [3.63, 3.8) is 0 Å². The fraction of sp³-hybridized carbons (Fsp3) is 0.571. The van der Waals surface area contributed by atoms with Gasteiger partial charge in [-0.2, -0.15) is 5.10 Å². The molecule has 5 rings (SSSR count). The van der Waals surface area contributed by atoms with Crippen molar-refractivity contribution in [2.24, 2.45) is 5.92 Å². The van der Waals surface area contributed by atoms with E-state index in [0.29, 0.717) is 49.3 Å². The number of benzene rings is 1. The van der Waals surface area contributed by atoms with E-state index in [1.807, 2.05) is 6.07 Å². The zero-order valence-electron chi connectivity index (χ0n) is 17.2. The second kappa shape index (κ2) is 7.70. The average molecular weight is 413 g/mol. The molecule has 1 saturated carbocycles. The summed E-state index contributed by atoms with van der Waals surface area (Å²) in [4.78, 5) is 27.2. The first-order valence-corrected chi connectivity index (χ1v) is 10.7. The molecule has 2 amide bonds. The third-order valence-corrected chi connectivity index (χ3v) is 6.18. The first-order valence-electron chi connectivity index (χ1n) is 10.7. The fourth-order valence-electron chi connectivity index (χ4n) is 4.16. The van der Waals surface area contributed by atoms with E-state index in [-0.39, 0.29) is 17.8 Å². The molecule has 9 heteroatoms. The lowest BCUT2D eigenvalue weighted by Gasteiger charge is -2.27. The summed E-state index contributed by atoms with van der Waals surface area (Å²) in [5.41, 5.74) is 0.654. The monoisotopic (exact) mass is 413 g/mol. The van der Waals surface area contributed by atoms with Crippen LogP contribution in [0.2, 0.25) is 0 Å². The fourth-order valence-corrected chi connectivity index (χ4v) is 4.16. The lowest BCUT2D eigenvalue weighted by atomic mass is 10.1. The summed E-state index contributed by atoms with van der Waals surface area (Å²) in [6.07, 6.45) is 4.59. The molecule has 9 nitrogen and oxygen atoms in total. The van der Waals surface area contributed by atoms with Crippen LogP contribution in [-0.2, 0) is 19.5 Å². The van der Waals surface area contributed by atoms with Gasteiger partial charge in [0, 0.05) is 44.4 Å². The van der Waals surface area contributed by atoms with Gasteiger partial charge in [-0.25, -0.2) is 14.3 Å². The largest absolute Gasteiger partial charge is 0.486 e. The Bertz CT molecular complexity index is 1010. The maximum atomic E-state index is 12.8. The van der Waals surface area contributed by atoms with E-state index < -0.39 is 0 Å². The van der Waals surface area contributed by atoms with E-state index in [4.69, 9.17) is 9.47 Å². The molecule has 0 saturated heterocycles. The van der Waals surface area contributed by atoms with Crippen molar-refractivity contribution in [3.8, 4) is 11.5 Å². The van der Waals surface area contributed by atoms with Crippen LogP contribution in [0.25, 0.3) is 0 Å². The number of nitrogens with one attached hydrogen (secondary N) is 1. The lowest BCUT2D eigenvalue weighted by molar-refractivity contribution is 0.171. The third kappa shape index (κ3) is 3.76. The van der Waals surface area contributed by atoms with Gasteiger partial charge in [-0.3, -0.25) is 4.57 Å². The molecule has 1 aromatic heterocycles. The van der Waals surface area contributed by atoms with Crippen LogP contribution in [0.5, 0.6) is 11.5 Å². The quantitative estimate of drug-likeness (QED) is 0.829. The van der Waals surface area contributed by atoms with Crippen molar-refractivity contribution in [1.82, 2.24) is 19.2 Å². The van der Waals surface area contributed by atoms with Crippen molar-refractivity contribution in [2.45, 2.75) is 51.2 Å². The van der Waals surface area contributed by atoms with Crippen molar-refractivity contribution in [2.75, 3.05) is 25.6 Å². The Morgan fingerprint density at radius 3 is 2.80 bits per heavy atom. The topological polar surface area (TPSA) is 90.6 Å². The number of urea groups is 1. The van der Waals surface area contributed by atoms with Crippen molar-refractivity contribution in [3.05, 3.63) is 34.5 Å². The smallest absolute Gasteiger partial charge is 0.345 e. The number of ether oxygens (including phenoxy) is 2. The second-order valence-corrected chi connectivity index (χ2v) is 8.36. The minimum absolute atomic E-state index is 0.0130. The molecular formula is C21H27N5O4. The van der Waals surface area contributed by atoms with Crippen LogP contribution in [0, 0.1) is 5.92 Å². The van der Waals surface area contributed by atoms with Crippen LogP contribution in [0.1, 0.15) is 31.5 Å². The predicted octanol–water partition coefficient (Wildman–Crippen LogP) is 2.09. The van der Waals surface area contributed by atoms with Gasteiger partial charge in [0.25, 0.3) is 0 Å². The van der Waals surface area contributed by atoms with Crippen LogP contribution in [0.3, 0.4) is 0 Å². The molecule has 0 radical (unpaired) electrons. The number of aryl methyl sites for hydroxylation is 1. The van der Waals surface area contributed by atoms with Gasteiger partial charge >= 0.3 is 11.7 Å². The highest BCUT2D eigenvalue weighted by molar-refractivity contribution is 5.89. The Morgan fingerprint density at radius 1 is 1.20 bits per heavy atom. The Hall–Kier alpha value is -2.97. The highest BCUT2D eigenvalue weighted by Gasteiger charge is 2.28. The Balaban J connectivity index is 1.22. The maximum Gasteiger partial charge on any atom is 0.345 e. The molecule has 2 aliphatic heterocycles. The van der Waals surface area contributed by atoms with Gasteiger partial charge in [0.1, 0.15) is 19.0 Å². The van der Waals surface area contributed by atoms with Crippen LogP contribution >= 0.6 is 0 Å². The Kier molecular flexibility index (Phi) is 4.88. The molecule has 1 unspecified atom stereocenters. The summed E-state index contributed by atoms with van der Waals surface area (Å²) in [7, 11) is 1.80. The summed E-state index contributed by atoms with van der Waals surface area (Å²) in [5, 5.41) is 7.50. The summed E-state index contributed by atoms with van der Waals surface area (Å²) in [6.45, 7) is 2.36. The molecular weight excluding hydrogens is 386 g/mol. The first kappa shape index (κ1) is 19.0. The van der Waals surface area contributed by atoms with Crippen molar-refractivity contribution >= 4 is 11.7 Å². The predicted molar refractivity (Wildman–Crippen MR) is 110 cm³/mol. The molecule has 30 heavy (non-hydrogen) atoms. The number of nitrogens with zero attached hydrogens (tertiary/aromatic N) is 4. The second-order valence-electron chi connectivity index (χ2n) is 8.36. The molecule has 3 heterocycles. The van der Waals surface area contributed by atoms with Gasteiger partial charge in [-0.1, -0.05) is 0 Å².